The summed E-state index contributed by atoms with van der Waals surface area (Å²) in [6.07, 6.45) is -1.25. The van der Waals surface area contributed by atoms with Crippen molar-refractivity contribution in [3.63, 3.8) is 0 Å². The van der Waals surface area contributed by atoms with Crippen molar-refractivity contribution in [2.45, 2.75) is 32.9 Å². The van der Waals surface area contributed by atoms with Gasteiger partial charge in [-0.05, 0) is 72.1 Å². The number of hydrogen-bond acceptors (Lipinski definition) is 11. The number of halogens is 1. The molecule has 0 unspecified atom stereocenters. The lowest BCUT2D eigenvalue weighted by Gasteiger charge is -2.29. The minimum Gasteiger partial charge on any atom is -0.503 e. The Morgan fingerprint density at radius 3 is 2.43 bits per heavy atom. The Labute approximate surface area is 253 Å². The number of para-hydroxylation sites is 1. The maximum atomic E-state index is 14.2. The van der Waals surface area contributed by atoms with E-state index in [0.717, 1.165) is 16.2 Å². The van der Waals surface area contributed by atoms with Gasteiger partial charge in [0, 0.05) is 0 Å². The number of imide groups is 1. The van der Waals surface area contributed by atoms with Gasteiger partial charge in [-0.15, -0.1) is 11.3 Å². The number of aromatic hydroxyl groups is 1. The lowest BCUT2D eigenvalue weighted by molar-refractivity contribution is -0.126. The van der Waals surface area contributed by atoms with E-state index in [4.69, 9.17) is 19.0 Å². The molecule has 2 amide bonds. The average molecular weight is 660 g/mol. The third-order valence-corrected chi connectivity index (χ3v) is 8.86. The summed E-state index contributed by atoms with van der Waals surface area (Å²) in [5.74, 6) is -3.79. The van der Waals surface area contributed by atoms with Crippen molar-refractivity contribution < 1.29 is 43.3 Å². The van der Waals surface area contributed by atoms with Crippen LogP contribution >= 0.6 is 27.3 Å². The fourth-order valence-electron chi connectivity index (χ4n) is 5.17. The van der Waals surface area contributed by atoms with Gasteiger partial charge in [0.1, 0.15) is 15.8 Å². The molecule has 42 heavy (non-hydrogen) atoms. The highest BCUT2D eigenvalue weighted by Crippen LogP contribution is 2.51. The molecule has 2 aliphatic heterocycles. The number of carbonyl (C=O) groups excluding carboxylic acids is 4. The van der Waals surface area contributed by atoms with E-state index < -0.39 is 41.8 Å². The Morgan fingerprint density at radius 1 is 1.07 bits per heavy atom. The van der Waals surface area contributed by atoms with Crippen LogP contribution in [0.15, 0.2) is 46.9 Å². The van der Waals surface area contributed by atoms with Crippen LogP contribution in [0.3, 0.4) is 0 Å². The molecule has 3 aromatic rings. The van der Waals surface area contributed by atoms with E-state index >= 15 is 0 Å². The molecule has 2 aromatic carbocycles. The number of thiophene rings is 1. The zero-order valence-electron chi connectivity index (χ0n) is 23.1. The van der Waals surface area contributed by atoms with E-state index in [1.165, 1.54) is 19.1 Å². The van der Waals surface area contributed by atoms with Gasteiger partial charge >= 0.3 is 11.9 Å². The summed E-state index contributed by atoms with van der Waals surface area (Å²) in [5.41, 5.74) is 1.29. The van der Waals surface area contributed by atoms with Crippen molar-refractivity contribution in [2.75, 3.05) is 30.3 Å². The smallest absolute Gasteiger partial charge is 0.348 e. The molecule has 0 saturated carbocycles. The van der Waals surface area contributed by atoms with Gasteiger partial charge in [0.2, 0.25) is 5.91 Å². The zero-order valence-corrected chi connectivity index (χ0v) is 25.5. The van der Waals surface area contributed by atoms with Crippen LogP contribution in [0, 0.1) is 12.8 Å². The van der Waals surface area contributed by atoms with Crippen molar-refractivity contribution in [2.24, 2.45) is 5.92 Å². The van der Waals surface area contributed by atoms with Gasteiger partial charge in [-0.25, -0.2) is 19.6 Å². The molecule has 11 nitrogen and oxygen atoms in total. The normalized spacial score (nSPS) is 19.7. The van der Waals surface area contributed by atoms with Crippen LogP contribution in [0.5, 0.6) is 11.5 Å². The van der Waals surface area contributed by atoms with E-state index in [1.807, 2.05) is 6.07 Å². The van der Waals surface area contributed by atoms with Crippen LogP contribution in [0.2, 0.25) is 0 Å². The van der Waals surface area contributed by atoms with Crippen LogP contribution in [-0.2, 0) is 23.9 Å². The first kappa shape index (κ1) is 29.5. The highest BCUT2D eigenvalue weighted by Gasteiger charge is 2.61. The number of phenols is 1. The largest absolute Gasteiger partial charge is 0.503 e. The minimum atomic E-state index is -1.25. The summed E-state index contributed by atoms with van der Waals surface area (Å²) in [7, 11) is 1.17. The molecule has 1 N–H and O–H groups in total. The topological polar surface area (TPSA) is 132 Å². The molecule has 2 aliphatic rings. The monoisotopic (exact) mass is 658 g/mol. The summed E-state index contributed by atoms with van der Waals surface area (Å²) >= 11 is 4.17. The number of phenolic OH excluding ortho intramolecular Hbond substituents is 1. The van der Waals surface area contributed by atoms with E-state index in [0.29, 0.717) is 15.7 Å². The third kappa shape index (κ3) is 4.80. The second-order valence-electron chi connectivity index (χ2n) is 9.40. The van der Waals surface area contributed by atoms with Crippen molar-refractivity contribution in [3.05, 3.63) is 68.5 Å². The highest BCUT2D eigenvalue weighted by atomic mass is 79.9. The van der Waals surface area contributed by atoms with Gasteiger partial charge in [0.15, 0.2) is 17.6 Å². The number of hydrogen-bond donors (Lipinski definition) is 1. The molecule has 3 atom stereocenters. The number of fused-ring (bicyclic) bond motifs is 1. The number of amides is 2. The summed E-state index contributed by atoms with van der Waals surface area (Å²) in [4.78, 5) is 60.9. The molecule has 1 aromatic heterocycles. The number of benzene rings is 2. The van der Waals surface area contributed by atoms with Gasteiger partial charge in [0.25, 0.3) is 5.91 Å². The molecular formula is C29H27BrN2O9S. The van der Waals surface area contributed by atoms with E-state index in [1.54, 1.807) is 50.2 Å². The first-order valence-electron chi connectivity index (χ1n) is 13.1. The fraction of sp³-hybridized carbons (Fsp3) is 0.310. The van der Waals surface area contributed by atoms with Crippen LogP contribution in [0.4, 0.5) is 10.7 Å². The second-order valence-corrected chi connectivity index (χ2v) is 11.3. The number of ether oxygens (including phenoxy) is 3. The van der Waals surface area contributed by atoms with Gasteiger partial charge < -0.3 is 19.3 Å². The molecule has 0 spiro atoms. The predicted molar refractivity (Wildman–Crippen MR) is 156 cm³/mol. The lowest BCUT2D eigenvalue weighted by Crippen LogP contribution is -2.37. The molecule has 5 rings (SSSR count). The molecule has 0 radical (unpaired) electrons. The maximum absolute atomic E-state index is 14.2. The van der Waals surface area contributed by atoms with Gasteiger partial charge in [0.05, 0.1) is 42.1 Å². The average Bonchev–Trinajstić information content (AvgIpc) is 3.61. The third-order valence-electron chi connectivity index (χ3n) is 7.00. The van der Waals surface area contributed by atoms with Gasteiger partial charge in [-0.3, -0.25) is 14.4 Å². The van der Waals surface area contributed by atoms with E-state index in [9.17, 15) is 24.3 Å². The maximum Gasteiger partial charge on any atom is 0.348 e. The van der Waals surface area contributed by atoms with E-state index in [-0.39, 0.29) is 45.7 Å². The Hall–Kier alpha value is -3.94. The number of nitrogens with zero attached hydrogens (tertiary/aromatic N) is 2. The molecular weight excluding hydrogens is 632 g/mol. The fourth-order valence-corrected chi connectivity index (χ4v) is 6.83. The number of esters is 2. The SMILES string of the molecule is CCOC(=O)c1sc(N2C(=O)[C@H]3[C@@H](c4cc(Br)c(O)c(OCC)c4)N(c4ccccc4)O[C@H]3C2=O)c(C(=O)OC)c1C. The summed E-state index contributed by atoms with van der Waals surface area (Å²) < 4.78 is 16.0. The van der Waals surface area contributed by atoms with E-state index in [2.05, 4.69) is 15.9 Å². The number of methoxy groups -OCH3 is 1. The number of carbonyl (C=O) groups is 4. The summed E-state index contributed by atoms with van der Waals surface area (Å²) in [6.45, 7) is 5.33. The van der Waals surface area contributed by atoms with Crippen molar-refractivity contribution in [1.29, 1.82) is 0 Å². The first-order valence-corrected chi connectivity index (χ1v) is 14.7. The minimum absolute atomic E-state index is 0.0395. The predicted octanol–water partition coefficient (Wildman–Crippen LogP) is 4.94. The molecule has 3 heterocycles. The molecule has 2 saturated heterocycles. The molecule has 220 valence electrons. The standard InChI is InChI=1S/C29H27BrN2O9S/c1-5-39-18-13-15(12-17(30)22(18)33)21-20-23(41-32(21)16-10-8-7-9-11-16)26(35)31(25(20)34)27-19(28(36)38-4)14(3)24(42-27)29(37)40-6-2/h7-13,20-21,23,33H,5-6H2,1-4H3/t20-,21+,23+/m0/s1. The Morgan fingerprint density at radius 2 is 1.79 bits per heavy atom. The summed E-state index contributed by atoms with van der Waals surface area (Å²) in [5, 5.41) is 12.0. The summed E-state index contributed by atoms with van der Waals surface area (Å²) in [6, 6.07) is 11.4. The van der Waals surface area contributed by atoms with Crippen molar-refractivity contribution in [3.8, 4) is 11.5 Å². The highest BCUT2D eigenvalue weighted by molar-refractivity contribution is 9.10. The van der Waals surface area contributed by atoms with Crippen molar-refractivity contribution >= 4 is 61.7 Å². The molecule has 2 fully saturated rings. The first-order chi connectivity index (χ1) is 20.1. The number of anilines is 2. The Balaban J connectivity index is 1.65. The molecule has 0 aliphatic carbocycles. The Kier molecular flexibility index (Phi) is 8.26. The van der Waals surface area contributed by atoms with Crippen LogP contribution in [0.1, 0.15) is 51.0 Å². The van der Waals surface area contributed by atoms with Gasteiger partial charge in [-0.1, -0.05) is 18.2 Å². The number of rotatable bonds is 8. The zero-order chi connectivity index (χ0) is 30.3. The van der Waals surface area contributed by atoms with Crippen molar-refractivity contribution in [1.82, 2.24) is 0 Å². The lowest BCUT2D eigenvalue weighted by atomic mass is 9.90. The van der Waals surface area contributed by atoms with Crippen LogP contribution < -0.4 is 14.7 Å². The Bertz CT molecular complexity index is 1570. The van der Waals surface area contributed by atoms with Gasteiger partial charge in [-0.2, -0.15) is 0 Å². The molecule has 13 heteroatoms. The van der Waals surface area contributed by atoms with Crippen LogP contribution in [-0.4, -0.2) is 55.3 Å². The quantitative estimate of drug-likeness (QED) is 0.262. The number of hydroxylamine groups is 1. The van der Waals surface area contributed by atoms with Crippen LogP contribution in [0.25, 0.3) is 0 Å². The second kappa shape index (κ2) is 11.7. The molecule has 0 bridgehead atoms.